The van der Waals surface area contributed by atoms with E-state index in [0.717, 1.165) is 12.8 Å². The molecule has 3 N–H and O–H groups in total. The smallest absolute Gasteiger partial charge is 0.0794 e. The van der Waals surface area contributed by atoms with Crippen LogP contribution in [0.1, 0.15) is 46.0 Å². The molecular weight excluding hydrogens is 150 g/mol. The Kier molecular flexibility index (Phi) is 2.79. The zero-order valence-corrected chi connectivity index (χ0v) is 8.27. The molecule has 0 bridgehead atoms. The Morgan fingerprint density at radius 2 is 1.83 bits per heavy atom. The SMILES string of the molecule is CC(O)(CN)C1(C)CCCCC1. The Bertz CT molecular complexity index is 148. The first-order valence-corrected chi connectivity index (χ1v) is 4.94. The van der Waals surface area contributed by atoms with Crippen LogP contribution in [0, 0.1) is 5.41 Å². The third-order valence-electron chi connectivity index (χ3n) is 3.65. The summed E-state index contributed by atoms with van der Waals surface area (Å²) in [5, 5.41) is 10.1. The topological polar surface area (TPSA) is 46.2 Å². The van der Waals surface area contributed by atoms with Crippen LogP contribution in [0.2, 0.25) is 0 Å². The Labute approximate surface area is 75.2 Å². The fourth-order valence-electron chi connectivity index (χ4n) is 2.12. The van der Waals surface area contributed by atoms with Crippen LogP contribution in [0.3, 0.4) is 0 Å². The summed E-state index contributed by atoms with van der Waals surface area (Å²) in [6, 6.07) is 0. The molecule has 1 fully saturated rings. The molecule has 0 aromatic carbocycles. The van der Waals surface area contributed by atoms with E-state index in [-0.39, 0.29) is 5.41 Å². The third kappa shape index (κ3) is 1.64. The minimum absolute atomic E-state index is 0.0556. The second-order valence-corrected chi connectivity index (χ2v) is 4.60. The van der Waals surface area contributed by atoms with Gasteiger partial charge in [-0.1, -0.05) is 26.2 Å². The molecule has 0 aromatic rings. The van der Waals surface area contributed by atoms with Crippen molar-refractivity contribution in [2.45, 2.75) is 51.6 Å². The van der Waals surface area contributed by atoms with Crippen molar-refractivity contribution >= 4 is 0 Å². The van der Waals surface area contributed by atoms with E-state index in [9.17, 15) is 5.11 Å². The fraction of sp³-hybridized carbons (Fsp3) is 1.00. The van der Waals surface area contributed by atoms with Crippen LogP contribution < -0.4 is 5.73 Å². The first-order valence-electron chi connectivity index (χ1n) is 4.94. The van der Waals surface area contributed by atoms with E-state index in [4.69, 9.17) is 5.73 Å². The molecular formula is C10H21NO. The minimum Gasteiger partial charge on any atom is -0.388 e. The van der Waals surface area contributed by atoms with Gasteiger partial charge in [-0.3, -0.25) is 0 Å². The first kappa shape index (κ1) is 10.0. The van der Waals surface area contributed by atoms with Crippen molar-refractivity contribution in [3.05, 3.63) is 0 Å². The quantitative estimate of drug-likeness (QED) is 0.664. The van der Waals surface area contributed by atoms with E-state index in [1.807, 2.05) is 6.92 Å². The molecule has 0 spiro atoms. The van der Waals surface area contributed by atoms with Crippen molar-refractivity contribution in [3.8, 4) is 0 Å². The van der Waals surface area contributed by atoms with Gasteiger partial charge in [-0.05, 0) is 25.2 Å². The molecule has 1 unspecified atom stereocenters. The van der Waals surface area contributed by atoms with Crippen LogP contribution in [0.5, 0.6) is 0 Å². The van der Waals surface area contributed by atoms with E-state index < -0.39 is 5.60 Å². The molecule has 1 atom stereocenters. The van der Waals surface area contributed by atoms with Crippen LogP contribution in [-0.2, 0) is 0 Å². The van der Waals surface area contributed by atoms with Crippen LogP contribution in [0.4, 0.5) is 0 Å². The Morgan fingerprint density at radius 1 is 1.33 bits per heavy atom. The molecule has 2 heteroatoms. The number of nitrogens with two attached hydrogens (primary N) is 1. The van der Waals surface area contributed by atoms with Crippen LogP contribution in [-0.4, -0.2) is 17.3 Å². The largest absolute Gasteiger partial charge is 0.388 e. The highest BCUT2D eigenvalue weighted by molar-refractivity contribution is 4.95. The molecule has 0 saturated heterocycles. The zero-order valence-electron chi connectivity index (χ0n) is 8.27. The minimum atomic E-state index is -0.673. The van der Waals surface area contributed by atoms with Gasteiger partial charge in [-0.2, -0.15) is 0 Å². The lowest BCUT2D eigenvalue weighted by atomic mass is 9.65. The Hall–Kier alpha value is -0.0800. The number of hydrogen-bond acceptors (Lipinski definition) is 2. The average molecular weight is 171 g/mol. The first-order chi connectivity index (χ1) is 5.52. The predicted molar refractivity (Wildman–Crippen MR) is 50.9 cm³/mol. The van der Waals surface area contributed by atoms with E-state index in [2.05, 4.69) is 6.92 Å². The standard InChI is InChI=1S/C10H21NO/c1-9(10(2,12)8-11)6-4-3-5-7-9/h12H,3-8,11H2,1-2H3. The maximum absolute atomic E-state index is 10.1. The summed E-state index contributed by atoms with van der Waals surface area (Å²) in [7, 11) is 0. The molecule has 72 valence electrons. The van der Waals surface area contributed by atoms with Gasteiger partial charge in [0.1, 0.15) is 0 Å². The second kappa shape index (κ2) is 3.35. The van der Waals surface area contributed by atoms with Crippen molar-refractivity contribution in [3.63, 3.8) is 0 Å². The highest BCUT2D eigenvalue weighted by Crippen LogP contribution is 2.43. The number of aliphatic hydroxyl groups is 1. The van der Waals surface area contributed by atoms with Crippen LogP contribution in [0.25, 0.3) is 0 Å². The second-order valence-electron chi connectivity index (χ2n) is 4.60. The molecule has 1 rings (SSSR count). The van der Waals surface area contributed by atoms with Gasteiger partial charge in [-0.25, -0.2) is 0 Å². The molecule has 0 aliphatic heterocycles. The van der Waals surface area contributed by atoms with Crippen molar-refractivity contribution in [1.82, 2.24) is 0 Å². The Balaban J connectivity index is 2.68. The van der Waals surface area contributed by atoms with E-state index >= 15 is 0 Å². The van der Waals surface area contributed by atoms with E-state index in [0.29, 0.717) is 6.54 Å². The van der Waals surface area contributed by atoms with Gasteiger partial charge < -0.3 is 10.8 Å². The van der Waals surface area contributed by atoms with Crippen molar-refractivity contribution in [2.75, 3.05) is 6.54 Å². The lowest BCUT2D eigenvalue weighted by Gasteiger charge is -2.45. The molecule has 0 aromatic heterocycles. The fourth-order valence-corrected chi connectivity index (χ4v) is 2.12. The van der Waals surface area contributed by atoms with E-state index in [1.54, 1.807) is 0 Å². The predicted octanol–water partition coefficient (Wildman–Crippen LogP) is 1.67. The van der Waals surface area contributed by atoms with Crippen LogP contribution >= 0.6 is 0 Å². The number of rotatable bonds is 2. The molecule has 0 radical (unpaired) electrons. The lowest BCUT2D eigenvalue weighted by molar-refractivity contribution is -0.0725. The normalized spacial score (nSPS) is 28.0. The van der Waals surface area contributed by atoms with Gasteiger partial charge in [0.15, 0.2) is 0 Å². The maximum atomic E-state index is 10.1. The van der Waals surface area contributed by atoms with Crippen molar-refractivity contribution in [2.24, 2.45) is 11.1 Å². The van der Waals surface area contributed by atoms with Gasteiger partial charge >= 0.3 is 0 Å². The highest BCUT2D eigenvalue weighted by Gasteiger charge is 2.42. The van der Waals surface area contributed by atoms with Crippen molar-refractivity contribution < 1.29 is 5.11 Å². The molecule has 12 heavy (non-hydrogen) atoms. The molecule has 0 amide bonds. The highest BCUT2D eigenvalue weighted by atomic mass is 16.3. The molecule has 1 aliphatic rings. The summed E-state index contributed by atoms with van der Waals surface area (Å²) in [4.78, 5) is 0. The van der Waals surface area contributed by atoms with Crippen LogP contribution in [0.15, 0.2) is 0 Å². The molecule has 1 saturated carbocycles. The summed E-state index contributed by atoms with van der Waals surface area (Å²) in [6.07, 6.45) is 6.05. The van der Waals surface area contributed by atoms with Gasteiger partial charge in [-0.15, -0.1) is 0 Å². The van der Waals surface area contributed by atoms with Gasteiger partial charge in [0, 0.05) is 6.54 Å². The maximum Gasteiger partial charge on any atom is 0.0794 e. The van der Waals surface area contributed by atoms with E-state index in [1.165, 1.54) is 19.3 Å². The van der Waals surface area contributed by atoms with Gasteiger partial charge in [0.2, 0.25) is 0 Å². The summed E-state index contributed by atoms with van der Waals surface area (Å²) in [5.41, 5.74) is 4.95. The third-order valence-corrected chi connectivity index (χ3v) is 3.65. The molecule has 0 heterocycles. The number of hydrogen-bond donors (Lipinski definition) is 2. The monoisotopic (exact) mass is 171 g/mol. The van der Waals surface area contributed by atoms with Crippen molar-refractivity contribution in [1.29, 1.82) is 0 Å². The zero-order chi connectivity index (χ0) is 9.24. The molecule has 1 aliphatic carbocycles. The summed E-state index contributed by atoms with van der Waals surface area (Å²) in [5.74, 6) is 0. The summed E-state index contributed by atoms with van der Waals surface area (Å²) < 4.78 is 0. The lowest BCUT2D eigenvalue weighted by Crippen LogP contribution is -2.50. The molecule has 2 nitrogen and oxygen atoms in total. The average Bonchev–Trinajstić information content (AvgIpc) is 2.06. The summed E-state index contributed by atoms with van der Waals surface area (Å²) in [6.45, 7) is 4.42. The van der Waals surface area contributed by atoms with Gasteiger partial charge in [0.25, 0.3) is 0 Å². The Morgan fingerprint density at radius 3 is 2.25 bits per heavy atom. The summed E-state index contributed by atoms with van der Waals surface area (Å²) >= 11 is 0. The van der Waals surface area contributed by atoms with Gasteiger partial charge in [0.05, 0.1) is 5.60 Å².